The van der Waals surface area contributed by atoms with Crippen LogP contribution in [0.15, 0.2) is 29.2 Å². The molecule has 0 saturated heterocycles. The van der Waals surface area contributed by atoms with E-state index in [0.29, 0.717) is 4.90 Å². The van der Waals surface area contributed by atoms with E-state index in [1.54, 1.807) is 6.92 Å². The lowest BCUT2D eigenvalue weighted by molar-refractivity contribution is -0.144. The summed E-state index contributed by atoms with van der Waals surface area (Å²) in [6.45, 7) is 1.96. The van der Waals surface area contributed by atoms with Crippen LogP contribution in [0.4, 0.5) is 4.39 Å². The first-order chi connectivity index (χ1) is 9.02. The van der Waals surface area contributed by atoms with E-state index in [-0.39, 0.29) is 31.0 Å². The number of rotatable bonds is 7. The lowest BCUT2D eigenvalue weighted by Crippen LogP contribution is -2.13. The maximum Gasteiger partial charge on any atom is 0.306 e. The van der Waals surface area contributed by atoms with E-state index >= 15 is 0 Å². The first-order valence-corrected chi connectivity index (χ1v) is 7.16. The van der Waals surface area contributed by atoms with Crippen LogP contribution in [-0.4, -0.2) is 28.3 Å². The van der Waals surface area contributed by atoms with Crippen LogP contribution >= 0.6 is 0 Å². The van der Waals surface area contributed by atoms with Gasteiger partial charge < -0.3 is 4.74 Å². The summed E-state index contributed by atoms with van der Waals surface area (Å²) in [5, 5.41) is 0. The van der Waals surface area contributed by atoms with Crippen molar-refractivity contribution < 1.29 is 22.9 Å². The van der Waals surface area contributed by atoms with E-state index in [2.05, 4.69) is 4.74 Å². The number of Topliss-reactive ketones (excluding diaryl/α,β-unsaturated/α-hetero) is 1. The molecule has 104 valence electrons. The van der Waals surface area contributed by atoms with Crippen LogP contribution in [0, 0.1) is 5.82 Å². The number of hydrogen-bond acceptors (Lipinski definition) is 4. The average molecular weight is 286 g/mol. The summed E-state index contributed by atoms with van der Waals surface area (Å²) in [6.07, 6.45) is -0.000933. The molecule has 0 aliphatic carbocycles. The van der Waals surface area contributed by atoms with E-state index in [0.717, 1.165) is 0 Å². The average Bonchev–Trinajstić information content (AvgIpc) is 2.37. The van der Waals surface area contributed by atoms with Crippen LogP contribution in [0.25, 0.3) is 0 Å². The SMILES string of the molecule is CCOC(=O)CCC(=O)CS(=O)c1ccc(F)cc1. The maximum atomic E-state index is 12.7. The smallest absolute Gasteiger partial charge is 0.306 e. The van der Waals surface area contributed by atoms with Gasteiger partial charge in [-0.2, -0.15) is 0 Å². The number of hydrogen-bond donors (Lipinski definition) is 0. The minimum Gasteiger partial charge on any atom is -0.466 e. The van der Waals surface area contributed by atoms with Gasteiger partial charge in [0.25, 0.3) is 0 Å². The molecule has 0 N–H and O–H groups in total. The van der Waals surface area contributed by atoms with E-state index in [9.17, 15) is 18.2 Å². The van der Waals surface area contributed by atoms with Gasteiger partial charge in [0.1, 0.15) is 11.6 Å². The van der Waals surface area contributed by atoms with Crippen molar-refractivity contribution in [1.82, 2.24) is 0 Å². The van der Waals surface area contributed by atoms with Crippen LogP contribution in [0.5, 0.6) is 0 Å². The van der Waals surface area contributed by atoms with Gasteiger partial charge >= 0.3 is 5.97 Å². The largest absolute Gasteiger partial charge is 0.466 e. The van der Waals surface area contributed by atoms with Crippen LogP contribution in [0.2, 0.25) is 0 Å². The second kappa shape index (κ2) is 7.78. The standard InChI is InChI=1S/C13H15FO4S/c1-2-18-13(16)8-5-11(15)9-19(17)12-6-3-10(14)4-7-12/h3-4,6-7H,2,5,8-9H2,1H3. The number of benzene rings is 1. The highest BCUT2D eigenvalue weighted by Gasteiger charge is 2.12. The Kier molecular flexibility index (Phi) is 6.35. The quantitative estimate of drug-likeness (QED) is 0.718. The molecule has 0 radical (unpaired) electrons. The number of ketones is 1. The minimum absolute atomic E-state index is 0.00572. The minimum atomic E-state index is -1.51. The van der Waals surface area contributed by atoms with Gasteiger partial charge in [0.2, 0.25) is 0 Å². The lowest BCUT2D eigenvalue weighted by Gasteiger charge is -2.03. The van der Waals surface area contributed by atoms with Gasteiger partial charge in [0.15, 0.2) is 0 Å². The Hall–Kier alpha value is -1.56. The summed E-state index contributed by atoms with van der Waals surface area (Å²) in [6, 6.07) is 5.14. The lowest BCUT2D eigenvalue weighted by atomic mass is 10.2. The summed E-state index contributed by atoms with van der Waals surface area (Å²) in [4.78, 5) is 23.0. The molecule has 4 nitrogen and oxygen atoms in total. The third-order valence-corrected chi connectivity index (χ3v) is 3.66. The summed E-state index contributed by atoms with van der Waals surface area (Å²) in [7, 11) is -1.51. The zero-order valence-corrected chi connectivity index (χ0v) is 11.4. The third-order valence-electron chi connectivity index (χ3n) is 2.28. The van der Waals surface area contributed by atoms with Crippen molar-refractivity contribution in [3.8, 4) is 0 Å². The van der Waals surface area contributed by atoms with Crippen LogP contribution in [0.1, 0.15) is 19.8 Å². The fourth-order valence-electron chi connectivity index (χ4n) is 1.36. The Labute approximate surface area is 113 Å². The number of carbonyl (C=O) groups is 2. The molecule has 0 bridgehead atoms. The number of esters is 1. The van der Waals surface area contributed by atoms with E-state index < -0.39 is 22.6 Å². The molecule has 0 saturated carbocycles. The maximum absolute atomic E-state index is 12.7. The van der Waals surface area contributed by atoms with Crippen LogP contribution in [-0.2, 0) is 25.1 Å². The molecule has 0 aliphatic heterocycles. The van der Waals surface area contributed by atoms with Gasteiger partial charge in [0.05, 0.1) is 29.6 Å². The topological polar surface area (TPSA) is 60.4 Å². The molecule has 1 atom stereocenters. The molecule has 19 heavy (non-hydrogen) atoms. The highest BCUT2D eigenvalue weighted by molar-refractivity contribution is 7.85. The normalized spacial score (nSPS) is 11.9. The third kappa shape index (κ3) is 5.74. The molecule has 0 fully saturated rings. The summed E-state index contributed by atoms with van der Waals surface area (Å²) < 4.78 is 29.2. The molecule has 6 heteroatoms. The first kappa shape index (κ1) is 15.5. The molecule has 0 amide bonds. The number of halogens is 1. The molecule has 1 rings (SSSR count). The fraction of sp³-hybridized carbons (Fsp3) is 0.385. The van der Waals surface area contributed by atoms with Crippen LogP contribution in [0.3, 0.4) is 0 Å². The van der Waals surface area contributed by atoms with E-state index in [1.165, 1.54) is 24.3 Å². The molecule has 1 aromatic rings. The van der Waals surface area contributed by atoms with Gasteiger partial charge in [0, 0.05) is 11.3 Å². The van der Waals surface area contributed by atoms with Crippen LogP contribution < -0.4 is 0 Å². The Bertz CT molecular complexity index is 470. The number of ether oxygens (including phenoxy) is 1. The monoisotopic (exact) mass is 286 g/mol. The van der Waals surface area contributed by atoms with Gasteiger partial charge in [-0.05, 0) is 31.2 Å². The molecule has 1 aromatic carbocycles. The van der Waals surface area contributed by atoms with Gasteiger partial charge in [-0.15, -0.1) is 0 Å². The van der Waals surface area contributed by atoms with Crippen molar-refractivity contribution in [2.24, 2.45) is 0 Å². The zero-order chi connectivity index (χ0) is 14.3. The molecule has 0 spiro atoms. The highest BCUT2D eigenvalue weighted by atomic mass is 32.2. The molecular weight excluding hydrogens is 271 g/mol. The Morgan fingerprint density at radius 3 is 2.42 bits per heavy atom. The zero-order valence-electron chi connectivity index (χ0n) is 10.6. The van der Waals surface area contributed by atoms with Crippen molar-refractivity contribution in [2.45, 2.75) is 24.7 Å². The second-order valence-corrected chi connectivity index (χ2v) is 5.24. The predicted molar refractivity (Wildman–Crippen MR) is 68.5 cm³/mol. The van der Waals surface area contributed by atoms with Gasteiger partial charge in [-0.25, -0.2) is 4.39 Å². The highest BCUT2D eigenvalue weighted by Crippen LogP contribution is 2.09. The van der Waals surface area contributed by atoms with Crippen molar-refractivity contribution >= 4 is 22.6 Å². The predicted octanol–water partition coefficient (Wildman–Crippen LogP) is 1.85. The molecule has 1 unspecified atom stereocenters. The molecule has 0 aromatic heterocycles. The molecular formula is C13H15FO4S. The second-order valence-electron chi connectivity index (χ2n) is 3.79. The number of carbonyl (C=O) groups excluding carboxylic acids is 2. The fourth-order valence-corrected chi connectivity index (χ4v) is 2.41. The Morgan fingerprint density at radius 1 is 1.21 bits per heavy atom. The van der Waals surface area contributed by atoms with Crippen molar-refractivity contribution in [3.05, 3.63) is 30.1 Å². The van der Waals surface area contributed by atoms with Gasteiger partial charge in [-0.1, -0.05) is 0 Å². The summed E-state index contributed by atoms with van der Waals surface area (Å²) in [5.41, 5.74) is 0. The molecule has 0 aliphatic rings. The van der Waals surface area contributed by atoms with Gasteiger partial charge in [-0.3, -0.25) is 13.8 Å². The van der Waals surface area contributed by atoms with E-state index in [1.807, 2.05) is 0 Å². The van der Waals surface area contributed by atoms with Crippen molar-refractivity contribution in [1.29, 1.82) is 0 Å². The molecule has 0 heterocycles. The summed E-state index contributed by atoms with van der Waals surface area (Å²) in [5.74, 6) is -1.32. The Balaban J connectivity index is 2.42. The summed E-state index contributed by atoms with van der Waals surface area (Å²) >= 11 is 0. The van der Waals surface area contributed by atoms with Crippen molar-refractivity contribution in [3.63, 3.8) is 0 Å². The first-order valence-electron chi connectivity index (χ1n) is 5.84. The van der Waals surface area contributed by atoms with E-state index in [4.69, 9.17) is 0 Å². The van der Waals surface area contributed by atoms with Crippen molar-refractivity contribution in [2.75, 3.05) is 12.4 Å². The Morgan fingerprint density at radius 2 is 1.84 bits per heavy atom.